The first kappa shape index (κ1) is 10.3. The molecule has 0 aliphatic carbocycles. The molecule has 0 heterocycles. The van der Waals surface area contributed by atoms with Gasteiger partial charge in [0.05, 0.1) is 6.42 Å². The molecule has 0 saturated heterocycles. The zero-order valence-electron chi connectivity index (χ0n) is 7.68. The van der Waals surface area contributed by atoms with E-state index in [9.17, 15) is 4.79 Å². The van der Waals surface area contributed by atoms with Crippen LogP contribution in [0.15, 0.2) is 36.9 Å². The van der Waals surface area contributed by atoms with Crippen LogP contribution in [0, 0.1) is 0 Å². The van der Waals surface area contributed by atoms with Crippen molar-refractivity contribution in [2.24, 2.45) is 0 Å². The van der Waals surface area contributed by atoms with E-state index in [1.54, 1.807) is 18.2 Å². The third-order valence-corrected chi connectivity index (χ3v) is 2.00. The van der Waals surface area contributed by atoms with Gasteiger partial charge in [-0.25, -0.2) is 0 Å². The Hall–Kier alpha value is -1.77. The van der Waals surface area contributed by atoms with Gasteiger partial charge in [0.15, 0.2) is 0 Å². The number of aliphatic carboxylic acids is 1. The number of aromatic hydroxyl groups is 1. The van der Waals surface area contributed by atoms with Crippen LogP contribution >= 0.6 is 0 Å². The summed E-state index contributed by atoms with van der Waals surface area (Å²) in [7, 11) is 0. The average molecular weight is 192 g/mol. The molecule has 2 N–H and O–H groups in total. The third-order valence-electron chi connectivity index (χ3n) is 2.00. The predicted molar refractivity (Wildman–Crippen MR) is 53.3 cm³/mol. The lowest BCUT2D eigenvalue weighted by molar-refractivity contribution is -0.137. The summed E-state index contributed by atoms with van der Waals surface area (Å²) in [6, 6.07) is 6.47. The number of phenols is 1. The summed E-state index contributed by atoms with van der Waals surface area (Å²) in [5.74, 6) is -0.886. The fraction of sp³-hybridized carbons (Fsp3) is 0.182. The number of hydrogen-bond acceptors (Lipinski definition) is 2. The molecule has 74 valence electrons. The largest absolute Gasteiger partial charge is 0.508 e. The minimum absolute atomic E-state index is 0.0221. The van der Waals surface area contributed by atoms with Gasteiger partial charge in [-0.1, -0.05) is 18.2 Å². The van der Waals surface area contributed by atoms with Crippen molar-refractivity contribution in [1.82, 2.24) is 0 Å². The zero-order chi connectivity index (χ0) is 10.6. The molecule has 0 spiro atoms. The van der Waals surface area contributed by atoms with Gasteiger partial charge in [-0.3, -0.25) is 4.79 Å². The Morgan fingerprint density at radius 2 is 2.00 bits per heavy atom. The lowest BCUT2D eigenvalue weighted by Crippen LogP contribution is -2.03. The molecule has 0 aromatic heterocycles. The molecule has 0 unspecified atom stereocenters. The van der Waals surface area contributed by atoms with E-state index < -0.39 is 5.97 Å². The number of rotatable bonds is 4. The second-order valence-electron chi connectivity index (χ2n) is 3.03. The molecule has 1 aromatic carbocycles. The maximum absolute atomic E-state index is 10.5. The molecular weight excluding hydrogens is 180 g/mol. The van der Waals surface area contributed by atoms with Crippen LogP contribution in [0.1, 0.15) is 17.9 Å². The van der Waals surface area contributed by atoms with Crippen LogP contribution in [-0.2, 0) is 4.79 Å². The van der Waals surface area contributed by atoms with Gasteiger partial charge in [-0.2, -0.15) is 0 Å². The highest BCUT2D eigenvalue weighted by Crippen LogP contribution is 2.22. The van der Waals surface area contributed by atoms with E-state index in [1.807, 2.05) is 0 Å². The summed E-state index contributed by atoms with van der Waals surface area (Å²) in [6.07, 6.45) is 1.62. The first-order valence-corrected chi connectivity index (χ1v) is 4.26. The average Bonchev–Trinajstić information content (AvgIpc) is 2.15. The van der Waals surface area contributed by atoms with Gasteiger partial charge in [0.25, 0.3) is 0 Å². The summed E-state index contributed by atoms with van der Waals surface area (Å²) in [5, 5.41) is 17.7. The number of carboxylic acid groups (broad SMARTS) is 1. The number of carboxylic acids is 1. The third kappa shape index (κ3) is 2.62. The predicted octanol–water partition coefficient (Wildman–Crippen LogP) is 2.14. The van der Waals surface area contributed by atoms with Crippen molar-refractivity contribution < 1.29 is 15.0 Å². The molecule has 0 aliphatic heterocycles. The molecule has 0 fully saturated rings. The minimum Gasteiger partial charge on any atom is -0.508 e. The summed E-state index contributed by atoms with van der Waals surface area (Å²) in [4.78, 5) is 10.5. The zero-order valence-corrected chi connectivity index (χ0v) is 7.68. The molecule has 14 heavy (non-hydrogen) atoms. The molecule has 0 amide bonds. The molecule has 0 bridgehead atoms. The highest BCUT2D eigenvalue weighted by Gasteiger charge is 2.11. The van der Waals surface area contributed by atoms with Gasteiger partial charge in [0.1, 0.15) is 5.75 Å². The molecule has 0 radical (unpaired) electrons. The first-order chi connectivity index (χ1) is 6.63. The Balaban J connectivity index is 2.84. The van der Waals surface area contributed by atoms with Gasteiger partial charge in [0, 0.05) is 5.92 Å². The molecule has 3 heteroatoms. The highest BCUT2D eigenvalue weighted by atomic mass is 16.4. The van der Waals surface area contributed by atoms with Crippen LogP contribution in [-0.4, -0.2) is 16.2 Å². The lowest BCUT2D eigenvalue weighted by atomic mass is 9.96. The number of carbonyl (C=O) groups is 1. The van der Waals surface area contributed by atoms with Crippen LogP contribution in [0.2, 0.25) is 0 Å². The van der Waals surface area contributed by atoms with Gasteiger partial charge in [-0.05, 0) is 17.7 Å². The molecule has 3 nitrogen and oxygen atoms in total. The van der Waals surface area contributed by atoms with E-state index in [4.69, 9.17) is 10.2 Å². The smallest absolute Gasteiger partial charge is 0.304 e. The van der Waals surface area contributed by atoms with E-state index in [2.05, 4.69) is 6.58 Å². The number of allylic oxidation sites excluding steroid dienone is 1. The van der Waals surface area contributed by atoms with Crippen molar-refractivity contribution in [2.45, 2.75) is 12.3 Å². The van der Waals surface area contributed by atoms with E-state index in [0.717, 1.165) is 5.56 Å². The maximum Gasteiger partial charge on any atom is 0.304 e. The standard InChI is InChI=1S/C11H12O3/c1-2-8(7-11(13)14)9-3-5-10(12)6-4-9/h2-6,8,12H,1,7H2,(H,13,14)/t8-/m1/s1. The second kappa shape index (κ2) is 4.46. The number of hydrogen-bond donors (Lipinski definition) is 2. The van der Waals surface area contributed by atoms with Gasteiger partial charge in [-0.15, -0.1) is 6.58 Å². The number of phenolic OH excluding ortho intramolecular Hbond substituents is 1. The normalized spacial score (nSPS) is 12.0. The highest BCUT2D eigenvalue weighted by molar-refractivity contribution is 5.68. The van der Waals surface area contributed by atoms with Gasteiger partial charge in [0.2, 0.25) is 0 Å². The van der Waals surface area contributed by atoms with Crippen molar-refractivity contribution in [2.75, 3.05) is 0 Å². The Bertz CT molecular complexity index is 327. The molecule has 1 rings (SSSR count). The van der Waals surface area contributed by atoms with Crippen LogP contribution in [0.3, 0.4) is 0 Å². The van der Waals surface area contributed by atoms with Gasteiger partial charge < -0.3 is 10.2 Å². The van der Waals surface area contributed by atoms with Crippen molar-refractivity contribution in [1.29, 1.82) is 0 Å². The van der Waals surface area contributed by atoms with Gasteiger partial charge >= 0.3 is 5.97 Å². The van der Waals surface area contributed by atoms with E-state index in [-0.39, 0.29) is 18.1 Å². The van der Waals surface area contributed by atoms with Crippen molar-refractivity contribution in [3.05, 3.63) is 42.5 Å². The van der Waals surface area contributed by atoms with E-state index in [1.165, 1.54) is 12.1 Å². The Labute approximate surface area is 82.3 Å². The Kier molecular flexibility index (Phi) is 3.29. The fourth-order valence-electron chi connectivity index (χ4n) is 1.25. The molecule has 1 atom stereocenters. The Morgan fingerprint density at radius 3 is 2.43 bits per heavy atom. The van der Waals surface area contributed by atoms with E-state index in [0.29, 0.717) is 0 Å². The minimum atomic E-state index is -0.858. The lowest BCUT2D eigenvalue weighted by Gasteiger charge is -2.09. The summed E-state index contributed by atoms with van der Waals surface area (Å²) in [5.41, 5.74) is 0.847. The van der Waals surface area contributed by atoms with Crippen molar-refractivity contribution in [3.63, 3.8) is 0 Å². The summed E-state index contributed by atoms with van der Waals surface area (Å²) < 4.78 is 0. The topological polar surface area (TPSA) is 57.5 Å². The molecule has 0 saturated carbocycles. The van der Waals surface area contributed by atoms with Crippen molar-refractivity contribution >= 4 is 5.97 Å². The first-order valence-electron chi connectivity index (χ1n) is 4.26. The van der Waals surface area contributed by atoms with Crippen LogP contribution in [0.5, 0.6) is 5.75 Å². The van der Waals surface area contributed by atoms with Crippen LogP contribution in [0.4, 0.5) is 0 Å². The van der Waals surface area contributed by atoms with Crippen molar-refractivity contribution in [3.8, 4) is 5.75 Å². The van der Waals surface area contributed by atoms with Crippen LogP contribution < -0.4 is 0 Å². The van der Waals surface area contributed by atoms with Crippen LogP contribution in [0.25, 0.3) is 0 Å². The summed E-state index contributed by atoms with van der Waals surface area (Å²) in [6.45, 7) is 3.59. The second-order valence-corrected chi connectivity index (χ2v) is 3.03. The molecule has 1 aromatic rings. The number of benzene rings is 1. The summed E-state index contributed by atoms with van der Waals surface area (Å²) >= 11 is 0. The monoisotopic (exact) mass is 192 g/mol. The Morgan fingerprint density at radius 1 is 1.43 bits per heavy atom. The SMILES string of the molecule is C=C[C@H](CC(=O)O)c1ccc(O)cc1. The van der Waals surface area contributed by atoms with E-state index >= 15 is 0 Å². The molecular formula is C11H12O3. The quantitative estimate of drug-likeness (QED) is 0.718. The maximum atomic E-state index is 10.5. The fourth-order valence-corrected chi connectivity index (χ4v) is 1.25. The molecule has 0 aliphatic rings.